The molecule has 0 aliphatic carbocycles. The van der Waals surface area contributed by atoms with E-state index in [1.807, 2.05) is 12.1 Å². The van der Waals surface area contributed by atoms with Gasteiger partial charge in [-0.3, -0.25) is 0 Å². The molecule has 1 aromatic rings. The Morgan fingerprint density at radius 3 is 2.25 bits per heavy atom. The molecule has 2 N–H and O–H groups in total. The number of halogens is 1. The standard InChI is InChI=1S/C13H20ClNO/c1-3-12(4-2)15-9-13(16)10-5-7-11(14)8-6-10/h5-8,12-13,15-16H,3-4,9H2,1-2H3. The van der Waals surface area contributed by atoms with Crippen molar-refractivity contribution in [2.24, 2.45) is 0 Å². The van der Waals surface area contributed by atoms with Gasteiger partial charge in [0.05, 0.1) is 6.10 Å². The highest BCUT2D eigenvalue weighted by atomic mass is 35.5. The van der Waals surface area contributed by atoms with Crippen LogP contribution in [-0.2, 0) is 0 Å². The van der Waals surface area contributed by atoms with E-state index in [2.05, 4.69) is 19.2 Å². The Labute approximate surface area is 103 Å². The number of benzene rings is 1. The maximum atomic E-state index is 9.95. The van der Waals surface area contributed by atoms with Crippen molar-refractivity contribution >= 4 is 11.6 Å². The second-order valence-electron chi connectivity index (χ2n) is 3.99. The number of aliphatic hydroxyl groups excluding tert-OH is 1. The molecule has 3 heteroatoms. The first-order valence-corrected chi connectivity index (χ1v) is 6.22. The van der Waals surface area contributed by atoms with Gasteiger partial charge in [-0.1, -0.05) is 37.6 Å². The van der Waals surface area contributed by atoms with E-state index in [0.717, 1.165) is 18.4 Å². The lowest BCUT2D eigenvalue weighted by molar-refractivity contribution is 0.169. The average Bonchev–Trinajstić information content (AvgIpc) is 2.31. The lowest BCUT2D eigenvalue weighted by atomic mass is 10.1. The van der Waals surface area contributed by atoms with E-state index in [1.54, 1.807) is 12.1 Å². The quantitative estimate of drug-likeness (QED) is 0.802. The largest absolute Gasteiger partial charge is 0.387 e. The molecule has 0 saturated carbocycles. The molecule has 0 heterocycles. The van der Waals surface area contributed by atoms with Crippen LogP contribution in [0.25, 0.3) is 0 Å². The Hall–Kier alpha value is -0.570. The lowest BCUT2D eigenvalue weighted by Gasteiger charge is -2.18. The van der Waals surface area contributed by atoms with Gasteiger partial charge in [-0.25, -0.2) is 0 Å². The van der Waals surface area contributed by atoms with Gasteiger partial charge in [-0.05, 0) is 30.5 Å². The molecule has 1 aromatic carbocycles. The number of rotatable bonds is 6. The summed E-state index contributed by atoms with van der Waals surface area (Å²) in [5, 5.41) is 14.0. The van der Waals surface area contributed by atoms with E-state index >= 15 is 0 Å². The van der Waals surface area contributed by atoms with Crippen LogP contribution >= 0.6 is 11.6 Å². The predicted octanol–water partition coefficient (Wildman–Crippen LogP) is 3.15. The molecule has 0 bridgehead atoms. The van der Waals surface area contributed by atoms with Gasteiger partial charge < -0.3 is 10.4 Å². The fourth-order valence-corrected chi connectivity index (χ4v) is 1.78. The first-order chi connectivity index (χ1) is 7.67. The van der Waals surface area contributed by atoms with Crippen molar-refractivity contribution in [2.75, 3.05) is 6.54 Å². The molecular formula is C13H20ClNO. The second-order valence-corrected chi connectivity index (χ2v) is 4.43. The van der Waals surface area contributed by atoms with Crippen molar-refractivity contribution in [3.05, 3.63) is 34.9 Å². The van der Waals surface area contributed by atoms with Crippen molar-refractivity contribution in [2.45, 2.75) is 38.8 Å². The molecule has 0 aliphatic rings. The SMILES string of the molecule is CCC(CC)NCC(O)c1ccc(Cl)cc1. The fourth-order valence-electron chi connectivity index (χ4n) is 1.66. The highest BCUT2D eigenvalue weighted by Gasteiger charge is 2.09. The van der Waals surface area contributed by atoms with Gasteiger partial charge in [-0.2, -0.15) is 0 Å². The van der Waals surface area contributed by atoms with Gasteiger partial charge in [0.15, 0.2) is 0 Å². The maximum absolute atomic E-state index is 9.95. The second kappa shape index (κ2) is 6.89. The molecule has 0 radical (unpaired) electrons. The normalized spacial score (nSPS) is 13.1. The summed E-state index contributed by atoms with van der Waals surface area (Å²) in [6.45, 7) is 4.89. The van der Waals surface area contributed by atoms with Gasteiger partial charge in [-0.15, -0.1) is 0 Å². The topological polar surface area (TPSA) is 32.3 Å². The van der Waals surface area contributed by atoms with Gasteiger partial charge >= 0.3 is 0 Å². The van der Waals surface area contributed by atoms with E-state index in [1.165, 1.54) is 0 Å². The monoisotopic (exact) mass is 241 g/mol. The number of aliphatic hydroxyl groups is 1. The van der Waals surface area contributed by atoms with E-state index in [9.17, 15) is 5.11 Å². The van der Waals surface area contributed by atoms with Crippen molar-refractivity contribution in [3.63, 3.8) is 0 Å². The molecule has 0 fully saturated rings. The van der Waals surface area contributed by atoms with Crippen LogP contribution in [-0.4, -0.2) is 17.7 Å². The smallest absolute Gasteiger partial charge is 0.0914 e. The van der Waals surface area contributed by atoms with Crippen molar-refractivity contribution in [3.8, 4) is 0 Å². The van der Waals surface area contributed by atoms with E-state index in [0.29, 0.717) is 17.6 Å². The van der Waals surface area contributed by atoms with Crippen LogP contribution in [0.15, 0.2) is 24.3 Å². The highest BCUT2D eigenvalue weighted by Crippen LogP contribution is 2.16. The van der Waals surface area contributed by atoms with Gasteiger partial charge in [0, 0.05) is 17.6 Å². The first-order valence-electron chi connectivity index (χ1n) is 5.84. The zero-order chi connectivity index (χ0) is 12.0. The third-order valence-corrected chi connectivity index (χ3v) is 3.09. The van der Waals surface area contributed by atoms with Crippen LogP contribution < -0.4 is 5.32 Å². The molecule has 0 saturated heterocycles. The van der Waals surface area contributed by atoms with Gasteiger partial charge in [0.2, 0.25) is 0 Å². The van der Waals surface area contributed by atoms with Crippen LogP contribution in [0.5, 0.6) is 0 Å². The summed E-state index contributed by atoms with van der Waals surface area (Å²) in [6, 6.07) is 7.82. The van der Waals surface area contributed by atoms with E-state index in [4.69, 9.17) is 11.6 Å². The Bertz CT molecular complexity index is 295. The summed E-state index contributed by atoms with van der Waals surface area (Å²) in [4.78, 5) is 0. The van der Waals surface area contributed by atoms with Crippen molar-refractivity contribution in [1.82, 2.24) is 5.32 Å². The summed E-state index contributed by atoms with van der Waals surface area (Å²) in [5.74, 6) is 0. The molecule has 90 valence electrons. The Morgan fingerprint density at radius 1 is 1.19 bits per heavy atom. The van der Waals surface area contributed by atoms with Crippen LogP contribution in [0.1, 0.15) is 38.4 Å². The molecule has 1 unspecified atom stereocenters. The van der Waals surface area contributed by atoms with E-state index < -0.39 is 6.10 Å². The minimum absolute atomic E-state index is 0.460. The Balaban J connectivity index is 2.46. The van der Waals surface area contributed by atoms with Crippen LogP contribution in [0.4, 0.5) is 0 Å². The average molecular weight is 242 g/mol. The van der Waals surface area contributed by atoms with Crippen molar-refractivity contribution in [1.29, 1.82) is 0 Å². The summed E-state index contributed by atoms with van der Waals surface area (Å²) >= 11 is 5.79. The number of hydrogen-bond acceptors (Lipinski definition) is 2. The first kappa shape index (κ1) is 13.5. The zero-order valence-electron chi connectivity index (χ0n) is 9.91. The molecule has 0 aromatic heterocycles. The fraction of sp³-hybridized carbons (Fsp3) is 0.538. The Kier molecular flexibility index (Phi) is 5.81. The summed E-state index contributed by atoms with van der Waals surface area (Å²) in [5.41, 5.74) is 0.905. The minimum Gasteiger partial charge on any atom is -0.387 e. The molecule has 0 aliphatic heterocycles. The zero-order valence-corrected chi connectivity index (χ0v) is 10.7. The molecule has 2 nitrogen and oxygen atoms in total. The molecule has 1 atom stereocenters. The lowest BCUT2D eigenvalue weighted by Crippen LogP contribution is -2.31. The highest BCUT2D eigenvalue weighted by molar-refractivity contribution is 6.30. The predicted molar refractivity (Wildman–Crippen MR) is 68.8 cm³/mol. The number of hydrogen-bond donors (Lipinski definition) is 2. The molecule has 0 amide bonds. The van der Waals surface area contributed by atoms with Crippen molar-refractivity contribution < 1.29 is 5.11 Å². The third kappa shape index (κ3) is 4.12. The molecule has 0 spiro atoms. The van der Waals surface area contributed by atoms with Crippen LogP contribution in [0, 0.1) is 0 Å². The minimum atomic E-state index is -0.460. The van der Waals surface area contributed by atoms with Gasteiger partial charge in [0.25, 0.3) is 0 Å². The van der Waals surface area contributed by atoms with Crippen LogP contribution in [0.2, 0.25) is 5.02 Å². The third-order valence-electron chi connectivity index (χ3n) is 2.84. The molecular weight excluding hydrogens is 222 g/mol. The van der Waals surface area contributed by atoms with Crippen LogP contribution in [0.3, 0.4) is 0 Å². The maximum Gasteiger partial charge on any atom is 0.0914 e. The van der Waals surface area contributed by atoms with Gasteiger partial charge in [0.1, 0.15) is 0 Å². The summed E-state index contributed by atoms with van der Waals surface area (Å²) < 4.78 is 0. The van der Waals surface area contributed by atoms with E-state index in [-0.39, 0.29) is 0 Å². The Morgan fingerprint density at radius 2 is 1.75 bits per heavy atom. The summed E-state index contributed by atoms with van der Waals surface area (Å²) in [6.07, 6.45) is 1.71. The summed E-state index contributed by atoms with van der Waals surface area (Å²) in [7, 11) is 0. The molecule has 16 heavy (non-hydrogen) atoms. The molecule has 1 rings (SSSR count). The number of nitrogens with one attached hydrogen (secondary N) is 1.